The molecule has 1 atom stereocenters. The second-order valence-electron chi connectivity index (χ2n) is 6.51. The van der Waals surface area contributed by atoms with Crippen molar-refractivity contribution >= 4 is 5.91 Å². The van der Waals surface area contributed by atoms with Crippen LogP contribution in [-0.4, -0.2) is 23.7 Å². The van der Waals surface area contributed by atoms with Crippen LogP contribution < -0.4 is 5.32 Å². The zero-order chi connectivity index (χ0) is 16.5. The SMILES string of the molecule is CCCCCCCCCCNC(=O)CCC(O)CCCCC. The van der Waals surface area contributed by atoms with Gasteiger partial charge in [-0.2, -0.15) is 0 Å². The molecule has 3 nitrogen and oxygen atoms in total. The van der Waals surface area contributed by atoms with Gasteiger partial charge in [-0.1, -0.05) is 78.1 Å². The number of nitrogens with one attached hydrogen (secondary N) is 1. The van der Waals surface area contributed by atoms with Crippen molar-refractivity contribution in [2.24, 2.45) is 0 Å². The van der Waals surface area contributed by atoms with Gasteiger partial charge >= 0.3 is 0 Å². The normalized spacial score (nSPS) is 12.3. The van der Waals surface area contributed by atoms with Crippen molar-refractivity contribution < 1.29 is 9.90 Å². The molecule has 0 rings (SSSR count). The summed E-state index contributed by atoms with van der Waals surface area (Å²) in [5.41, 5.74) is 0. The minimum Gasteiger partial charge on any atom is -0.393 e. The zero-order valence-corrected chi connectivity index (χ0v) is 15.0. The molecule has 0 saturated heterocycles. The molecule has 0 bridgehead atoms. The van der Waals surface area contributed by atoms with Crippen molar-refractivity contribution in [1.29, 1.82) is 0 Å². The van der Waals surface area contributed by atoms with Gasteiger partial charge in [-0.3, -0.25) is 4.79 Å². The highest BCUT2D eigenvalue weighted by atomic mass is 16.3. The number of carbonyl (C=O) groups excluding carboxylic acids is 1. The van der Waals surface area contributed by atoms with E-state index in [1.807, 2.05) is 0 Å². The number of hydrogen-bond donors (Lipinski definition) is 2. The summed E-state index contributed by atoms with van der Waals surface area (Å²) in [6, 6.07) is 0. The fraction of sp³-hybridized carbons (Fsp3) is 0.947. The first kappa shape index (κ1) is 21.4. The fourth-order valence-corrected chi connectivity index (χ4v) is 2.65. The predicted octanol–water partition coefficient (Wildman–Crippen LogP) is 4.96. The Morgan fingerprint density at radius 1 is 0.818 bits per heavy atom. The lowest BCUT2D eigenvalue weighted by Gasteiger charge is -2.10. The van der Waals surface area contributed by atoms with E-state index in [9.17, 15) is 9.90 Å². The smallest absolute Gasteiger partial charge is 0.220 e. The second-order valence-corrected chi connectivity index (χ2v) is 6.51. The predicted molar refractivity (Wildman–Crippen MR) is 95.0 cm³/mol. The maximum Gasteiger partial charge on any atom is 0.220 e. The molecule has 0 radical (unpaired) electrons. The van der Waals surface area contributed by atoms with E-state index in [2.05, 4.69) is 19.2 Å². The highest BCUT2D eigenvalue weighted by Gasteiger charge is 2.07. The van der Waals surface area contributed by atoms with Crippen molar-refractivity contribution in [2.45, 2.75) is 110 Å². The van der Waals surface area contributed by atoms with Gasteiger partial charge in [0.2, 0.25) is 5.91 Å². The van der Waals surface area contributed by atoms with Gasteiger partial charge in [-0.05, 0) is 19.3 Å². The third-order valence-electron chi connectivity index (χ3n) is 4.20. The summed E-state index contributed by atoms with van der Waals surface area (Å²) in [6.45, 7) is 5.19. The molecule has 0 aromatic heterocycles. The van der Waals surface area contributed by atoms with E-state index < -0.39 is 0 Å². The van der Waals surface area contributed by atoms with Gasteiger partial charge in [-0.25, -0.2) is 0 Å². The number of hydrogen-bond acceptors (Lipinski definition) is 2. The Labute approximate surface area is 138 Å². The molecular formula is C19H39NO2. The highest BCUT2D eigenvalue weighted by Crippen LogP contribution is 2.09. The lowest BCUT2D eigenvalue weighted by Crippen LogP contribution is -2.25. The minimum atomic E-state index is -0.305. The molecule has 0 fully saturated rings. The van der Waals surface area contributed by atoms with Gasteiger partial charge in [0, 0.05) is 13.0 Å². The minimum absolute atomic E-state index is 0.0949. The number of amides is 1. The first-order valence-electron chi connectivity index (χ1n) is 9.65. The molecule has 2 N–H and O–H groups in total. The monoisotopic (exact) mass is 313 g/mol. The number of carbonyl (C=O) groups is 1. The second kappa shape index (κ2) is 16.8. The molecule has 0 aliphatic carbocycles. The Kier molecular flexibility index (Phi) is 16.4. The molecule has 0 aliphatic heterocycles. The first-order chi connectivity index (χ1) is 10.7. The zero-order valence-electron chi connectivity index (χ0n) is 15.0. The largest absolute Gasteiger partial charge is 0.393 e. The maximum atomic E-state index is 11.7. The van der Waals surface area contributed by atoms with Crippen LogP contribution in [0.4, 0.5) is 0 Å². The Bertz CT molecular complexity index is 244. The van der Waals surface area contributed by atoms with E-state index in [0.29, 0.717) is 12.8 Å². The molecule has 0 aromatic rings. The molecule has 0 aromatic carbocycles. The van der Waals surface area contributed by atoms with E-state index in [-0.39, 0.29) is 12.0 Å². The summed E-state index contributed by atoms with van der Waals surface area (Å²) >= 11 is 0. The van der Waals surface area contributed by atoms with Crippen molar-refractivity contribution in [3.8, 4) is 0 Å². The molecule has 1 amide bonds. The molecule has 0 spiro atoms. The topological polar surface area (TPSA) is 49.3 Å². The van der Waals surface area contributed by atoms with Crippen LogP contribution in [-0.2, 0) is 4.79 Å². The van der Waals surface area contributed by atoms with E-state index in [4.69, 9.17) is 0 Å². The summed E-state index contributed by atoms with van der Waals surface area (Å²) in [5, 5.41) is 12.7. The fourth-order valence-electron chi connectivity index (χ4n) is 2.65. The van der Waals surface area contributed by atoms with Gasteiger partial charge < -0.3 is 10.4 Å². The summed E-state index contributed by atoms with van der Waals surface area (Å²) in [6.07, 6.45) is 15.3. The van der Waals surface area contributed by atoms with Crippen LogP contribution >= 0.6 is 0 Å². The molecule has 0 saturated carbocycles. The van der Waals surface area contributed by atoms with Gasteiger partial charge in [0.05, 0.1) is 6.10 Å². The molecule has 3 heteroatoms. The average Bonchev–Trinajstić information content (AvgIpc) is 2.51. The van der Waals surface area contributed by atoms with Crippen LogP contribution in [0.3, 0.4) is 0 Å². The number of aliphatic hydroxyl groups is 1. The van der Waals surface area contributed by atoms with Gasteiger partial charge in [0.25, 0.3) is 0 Å². The summed E-state index contributed by atoms with van der Waals surface area (Å²) in [7, 11) is 0. The average molecular weight is 314 g/mol. The molecular weight excluding hydrogens is 274 g/mol. The van der Waals surface area contributed by atoms with E-state index in [1.165, 1.54) is 57.8 Å². The van der Waals surface area contributed by atoms with E-state index in [1.54, 1.807) is 0 Å². The van der Waals surface area contributed by atoms with Gasteiger partial charge in [0.15, 0.2) is 0 Å². The summed E-state index contributed by atoms with van der Waals surface area (Å²) < 4.78 is 0. The van der Waals surface area contributed by atoms with Crippen molar-refractivity contribution in [1.82, 2.24) is 5.32 Å². The molecule has 22 heavy (non-hydrogen) atoms. The lowest BCUT2D eigenvalue weighted by molar-refractivity contribution is -0.121. The summed E-state index contributed by atoms with van der Waals surface area (Å²) in [5.74, 6) is 0.0949. The van der Waals surface area contributed by atoms with Gasteiger partial charge in [-0.15, -0.1) is 0 Å². The number of unbranched alkanes of at least 4 members (excludes halogenated alkanes) is 9. The van der Waals surface area contributed by atoms with Crippen molar-refractivity contribution in [2.75, 3.05) is 6.54 Å². The summed E-state index contributed by atoms with van der Waals surface area (Å²) in [4.78, 5) is 11.7. The van der Waals surface area contributed by atoms with Crippen LogP contribution in [0.2, 0.25) is 0 Å². The Morgan fingerprint density at radius 3 is 2.00 bits per heavy atom. The van der Waals surface area contributed by atoms with Crippen LogP contribution in [0, 0.1) is 0 Å². The van der Waals surface area contributed by atoms with Crippen molar-refractivity contribution in [3.05, 3.63) is 0 Å². The molecule has 0 heterocycles. The maximum absolute atomic E-state index is 11.7. The number of rotatable bonds is 16. The Balaban J connectivity index is 3.28. The van der Waals surface area contributed by atoms with Crippen LogP contribution in [0.25, 0.3) is 0 Å². The molecule has 132 valence electrons. The number of aliphatic hydroxyl groups excluding tert-OH is 1. The first-order valence-corrected chi connectivity index (χ1v) is 9.65. The Morgan fingerprint density at radius 2 is 1.36 bits per heavy atom. The Hall–Kier alpha value is -0.570. The molecule has 0 aliphatic rings. The third kappa shape index (κ3) is 15.8. The van der Waals surface area contributed by atoms with Gasteiger partial charge in [0.1, 0.15) is 0 Å². The van der Waals surface area contributed by atoms with Crippen molar-refractivity contribution in [3.63, 3.8) is 0 Å². The standard InChI is InChI=1S/C19H39NO2/c1-3-5-7-8-9-10-11-13-17-20-19(22)16-15-18(21)14-12-6-4-2/h18,21H,3-17H2,1-2H3,(H,20,22). The molecule has 1 unspecified atom stereocenters. The van der Waals surface area contributed by atoms with Crippen LogP contribution in [0.15, 0.2) is 0 Å². The van der Waals surface area contributed by atoms with E-state index in [0.717, 1.165) is 25.8 Å². The third-order valence-corrected chi connectivity index (χ3v) is 4.20. The van der Waals surface area contributed by atoms with Crippen LogP contribution in [0.1, 0.15) is 104 Å². The highest BCUT2D eigenvalue weighted by molar-refractivity contribution is 5.75. The van der Waals surface area contributed by atoms with E-state index >= 15 is 0 Å². The quantitative estimate of drug-likeness (QED) is 0.395. The van der Waals surface area contributed by atoms with Crippen LogP contribution in [0.5, 0.6) is 0 Å². The lowest BCUT2D eigenvalue weighted by atomic mass is 10.1.